The van der Waals surface area contributed by atoms with Gasteiger partial charge in [0.15, 0.2) is 0 Å². The molecule has 2 aliphatic rings. The van der Waals surface area contributed by atoms with Crippen molar-refractivity contribution in [1.29, 1.82) is 0 Å². The molecule has 6 heteroatoms. The van der Waals surface area contributed by atoms with Crippen molar-refractivity contribution >= 4 is 23.5 Å². The maximum absolute atomic E-state index is 12.7. The molecule has 0 unspecified atom stereocenters. The molecular weight excluding hydrogens is 368 g/mol. The highest BCUT2D eigenvalue weighted by atomic mass is 16.5. The van der Waals surface area contributed by atoms with E-state index in [2.05, 4.69) is 26.1 Å². The predicted molar refractivity (Wildman–Crippen MR) is 109 cm³/mol. The zero-order valence-corrected chi connectivity index (χ0v) is 17.0. The van der Waals surface area contributed by atoms with Gasteiger partial charge in [0.1, 0.15) is 11.8 Å². The van der Waals surface area contributed by atoms with Crippen molar-refractivity contribution in [2.45, 2.75) is 51.6 Å². The van der Waals surface area contributed by atoms with E-state index in [-0.39, 0.29) is 5.54 Å². The molecule has 0 saturated carbocycles. The lowest BCUT2D eigenvalue weighted by Crippen LogP contribution is -2.44. The quantitative estimate of drug-likeness (QED) is 0.486. The van der Waals surface area contributed by atoms with E-state index in [4.69, 9.17) is 4.74 Å². The topological polar surface area (TPSA) is 75.7 Å². The number of esters is 1. The van der Waals surface area contributed by atoms with Crippen molar-refractivity contribution in [2.75, 3.05) is 5.32 Å². The highest BCUT2D eigenvalue weighted by Crippen LogP contribution is 2.40. The SMILES string of the molecule is C[C@@H]1CC(C)(C)Nc2ccc(OC(=O)[C@H](C)N3C(=O)c4ccccc4C3=O)cc21. The van der Waals surface area contributed by atoms with Crippen molar-refractivity contribution < 1.29 is 19.1 Å². The second-order valence-corrected chi connectivity index (χ2v) is 8.49. The molecule has 0 saturated heterocycles. The van der Waals surface area contributed by atoms with Crippen molar-refractivity contribution in [3.63, 3.8) is 0 Å². The Morgan fingerprint density at radius 2 is 1.76 bits per heavy atom. The summed E-state index contributed by atoms with van der Waals surface area (Å²) in [6, 6.07) is 11.0. The first-order valence-corrected chi connectivity index (χ1v) is 9.79. The van der Waals surface area contributed by atoms with Crippen LogP contribution in [0.5, 0.6) is 5.75 Å². The molecule has 2 heterocycles. The van der Waals surface area contributed by atoms with Crippen molar-refractivity contribution in [3.05, 3.63) is 59.2 Å². The van der Waals surface area contributed by atoms with Gasteiger partial charge in [0.05, 0.1) is 11.1 Å². The number of rotatable bonds is 3. The lowest BCUT2D eigenvalue weighted by Gasteiger charge is -2.37. The normalized spacial score (nSPS) is 20.6. The minimum atomic E-state index is -1.02. The molecule has 0 aliphatic carbocycles. The van der Waals surface area contributed by atoms with Gasteiger partial charge in [-0.05, 0) is 69.0 Å². The van der Waals surface area contributed by atoms with Crippen LogP contribution in [0.25, 0.3) is 0 Å². The Morgan fingerprint density at radius 1 is 1.14 bits per heavy atom. The van der Waals surface area contributed by atoms with Crippen LogP contribution in [-0.4, -0.2) is 34.3 Å². The Balaban J connectivity index is 1.53. The second-order valence-electron chi connectivity index (χ2n) is 8.49. The van der Waals surface area contributed by atoms with Gasteiger partial charge < -0.3 is 10.1 Å². The smallest absolute Gasteiger partial charge is 0.334 e. The summed E-state index contributed by atoms with van der Waals surface area (Å²) in [7, 11) is 0. The molecule has 2 aliphatic heterocycles. The van der Waals surface area contributed by atoms with Crippen LogP contribution in [0.3, 0.4) is 0 Å². The number of fused-ring (bicyclic) bond motifs is 2. The molecule has 2 amide bonds. The molecule has 1 N–H and O–H groups in total. The summed E-state index contributed by atoms with van der Waals surface area (Å²) in [5.74, 6) is -0.864. The summed E-state index contributed by atoms with van der Waals surface area (Å²) in [4.78, 5) is 38.9. The number of carbonyl (C=O) groups excluding carboxylic acids is 3. The molecule has 2 atom stereocenters. The van der Waals surface area contributed by atoms with Gasteiger partial charge >= 0.3 is 5.97 Å². The number of amides is 2. The van der Waals surface area contributed by atoms with Crippen molar-refractivity contribution in [3.8, 4) is 5.75 Å². The number of hydrogen-bond donors (Lipinski definition) is 1. The van der Waals surface area contributed by atoms with E-state index in [0.717, 1.165) is 22.6 Å². The zero-order chi connectivity index (χ0) is 20.9. The Labute approximate surface area is 169 Å². The van der Waals surface area contributed by atoms with E-state index in [9.17, 15) is 14.4 Å². The summed E-state index contributed by atoms with van der Waals surface area (Å²) >= 11 is 0. The van der Waals surface area contributed by atoms with Gasteiger partial charge in [-0.3, -0.25) is 14.5 Å². The number of ether oxygens (including phenoxy) is 1. The third-order valence-electron chi connectivity index (χ3n) is 5.62. The Morgan fingerprint density at radius 3 is 2.38 bits per heavy atom. The monoisotopic (exact) mass is 392 g/mol. The number of nitrogens with zero attached hydrogens (tertiary/aromatic N) is 1. The number of nitrogens with one attached hydrogen (secondary N) is 1. The van der Waals surface area contributed by atoms with Crippen molar-refractivity contribution in [2.24, 2.45) is 0 Å². The largest absolute Gasteiger partial charge is 0.425 e. The van der Waals surface area contributed by atoms with Crippen LogP contribution < -0.4 is 10.1 Å². The van der Waals surface area contributed by atoms with E-state index in [1.165, 1.54) is 6.92 Å². The average Bonchev–Trinajstić information content (AvgIpc) is 2.92. The standard InChI is InChI=1S/C23H24N2O4/c1-13-12-23(3,4)24-19-10-9-15(11-18(13)19)29-22(28)14(2)25-20(26)16-7-5-6-8-17(16)21(25)27/h5-11,13-14,24H,12H2,1-4H3/t13-,14+/m1/s1. The fraction of sp³-hybridized carbons (Fsp3) is 0.348. The molecular formula is C23H24N2O4. The molecule has 4 rings (SSSR count). The van der Waals surface area contributed by atoms with Crippen LogP contribution >= 0.6 is 0 Å². The van der Waals surface area contributed by atoms with Gasteiger partial charge in [0.2, 0.25) is 0 Å². The van der Waals surface area contributed by atoms with Crippen LogP contribution in [0.15, 0.2) is 42.5 Å². The van der Waals surface area contributed by atoms with E-state index in [0.29, 0.717) is 22.8 Å². The number of imide groups is 1. The van der Waals surface area contributed by atoms with Gasteiger partial charge in [0, 0.05) is 11.2 Å². The Hall–Kier alpha value is -3.15. The molecule has 0 spiro atoms. The van der Waals surface area contributed by atoms with E-state index in [1.54, 1.807) is 30.3 Å². The predicted octanol–water partition coefficient (Wildman–Crippen LogP) is 3.97. The fourth-order valence-corrected chi connectivity index (χ4v) is 4.28. The second kappa shape index (κ2) is 6.72. The number of carbonyl (C=O) groups is 3. The highest BCUT2D eigenvalue weighted by molar-refractivity contribution is 6.22. The Bertz CT molecular complexity index is 992. The van der Waals surface area contributed by atoms with Crippen LogP contribution in [0.4, 0.5) is 5.69 Å². The van der Waals surface area contributed by atoms with Crippen LogP contribution in [0, 0.1) is 0 Å². The highest BCUT2D eigenvalue weighted by Gasteiger charge is 2.41. The lowest BCUT2D eigenvalue weighted by atomic mass is 9.82. The van der Waals surface area contributed by atoms with Gasteiger partial charge in [-0.2, -0.15) is 0 Å². The molecule has 6 nitrogen and oxygen atoms in total. The van der Waals surface area contributed by atoms with Gasteiger partial charge in [-0.15, -0.1) is 0 Å². The van der Waals surface area contributed by atoms with Crippen LogP contribution in [-0.2, 0) is 4.79 Å². The van der Waals surface area contributed by atoms with Crippen molar-refractivity contribution in [1.82, 2.24) is 4.90 Å². The van der Waals surface area contributed by atoms with E-state index in [1.807, 2.05) is 12.1 Å². The first kappa shape index (κ1) is 19.2. The summed E-state index contributed by atoms with van der Waals surface area (Å²) in [6.45, 7) is 7.97. The summed E-state index contributed by atoms with van der Waals surface area (Å²) in [5, 5.41) is 3.50. The maximum Gasteiger partial charge on any atom is 0.334 e. The summed E-state index contributed by atoms with van der Waals surface area (Å²) in [6.07, 6.45) is 0.961. The number of benzene rings is 2. The first-order chi connectivity index (χ1) is 13.7. The molecule has 0 radical (unpaired) electrons. The third-order valence-corrected chi connectivity index (χ3v) is 5.62. The average molecular weight is 392 g/mol. The molecule has 0 bridgehead atoms. The van der Waals surface area contributed by atoms with E-state index < -0.39 is 23.8 Å². The third kappa shape index (κ3) is 3.28. The minimum absolute atomic E-state index is 0.00457. The Kier molecular flexibility index (Phi) is 4.45. The van der Waals surface area contributed by atoms with Gasteiger partial charge in [-0.25, -0.2) is 4.79 Å². The lowest BCUT2D eigenvalue weighted by molar-refractivity contribution is -0.138. The van der Waals surface area contributed by atoms with Gasteiger partial charge in [-0.1, -0.05) is 19.1 Å². The maximum atomic E-state index is 12.7. The number of hydrogen-bond acceptors (Lipinski definition) is 5. The molecule has 150 valence electrons. The number of anilines is 1. The molecule has 2 aromatic rings. The summed E-state index contributed by atoms with van der Waals surface area (Å²) < 4.78 is 5.54. The zero-order valence-electron chi connectivity index (χ0n) is 17.0. The fourth-order valence-electron chi connectivity index (χ4n) is 4.28. The van der Waals surface area contributed by atoms with E-state index >= 15 is 0 Å². The molecule has 0 aromatic heterocycles. The van der Waals surface area contributed by atoms with Gasteiger partial charge in [0.25, 0.3) is 11.8 Å². The minimum Gasteiger partial charge on any atom is -0.425 e. The van der Waals surface area contributed by atoms with Crippen LogP contribution in [0.1, 0.15) is 66.3 Å². The first-order valence-electron chi connectivity index (χ1n) is 9.79. The molecule has 0 fully saturated rings. The van der Waals surface area contributed by atoms with Crippen LogP contribution in [0.2, 0.25) is 0 Å². The molecule has 2 aromatic carbocycles. The molecule has 29 heavy (non-hydrogen) atoms. The summed E-state index contributed by atoms with van der Waals surface area (Å²) in [5.41, 5.74) is 2.75.